The van der Waals surface area contributed by atoms with Gasteiger partial charge < -0.3 is 10.6 Å². The Bertz CT molecular complexity index is 400. The lowest BCUT2D eigenvalue weighted by Crippen LogP contribution is -2.52. The number of hydrogen-bond donors (Lipinski definition) is 2. The topological polar surface area (TPSA) is 101 Å². The van der Waals surface area contributed by atoms with Crippen molar-refractivity contribution in [2.24, 2.45) is 5.73 Å². The van der Waals surface area contributed by atoms with Crippen LogP contribution >= 0.6 is 0 Å². The van der Waals surface area contributed by atoms with Crippen molar-refractivity contribution in [1.29, 1.82) is 0 Å². The van der Waals surface area contributed by atoms with Gasteiger partial charge in [0, 0.05) is 24.5 Å². The summed E-state index contributed by atoms with van der Waals surface area (Å²) >= 11 is 0. The third-order valence-corrected chi connectivity index (χ3v) is 2.16. The molecule has 1 aliphatic rings. The van der Waals surface area contributed by atoms with Crippen LogP contribution in [0.3, 0.4) is 0 Å². The molecule has 0 radical (unpaired) electrons. The number of nitrogens with one attached hydrogen (secondary N) is 1. The zero-order valence-corrected chi connectivity index (χ0v) is 8.51. The van der Waals surface area contributed by atoms with Gasteiger partial charge in [0.15, 0.2) is 0 Å². The molecule has 0 unspecified atom stereocenters. The van der Waals surface area contributed by atoms with E-state index in [0.717, 1.165) is 5.56 Å². The van der Waals surface area contributed by atoms with Crippen molar-refractivity contribution in [3.05, 3.63) is 18.0 Å². The van der Waals surface area contributed by atoms with E-state index in [1.54, 1.807) is 12.4 Å². The SMILES string of the molecule is NCc1cnc(N2CC(=O)NC(=O)C2)nc1. The normalized spacial score (nSPS) is 16.2. The molecule has 2 rings (SSSR count). The van der Waals surface area contributed by atoms with Crippen LogP contribution in [0.5, 0.6) is 0 Å². The molecule has 0 spiro atoms. The monoisotopic (exact) mass is 221 g/mol. The van der Waals surface area contributed by atoms with Crippen LogP contribution in [-0.4, -0.2) is 34.9 Å². The molecule has 0 saturated carbocycles. The average molecular weight is 221 g/mol. The molecule has 3 N–H and O–H groups in total. The number of nitrogens with zero attached hydrogens (tertiary/aromatic N) is 3. The van der Waals surface area contributed by atoms with Crippen LogP contribution in [0.4, 0.5) is 5.95 Å². The molecule has 0 aromatic carbocycles. The number of carbonyl (C=O) groups is 2. The minimum Gasteiger partial charge on any atom is -0.326 e. The number of hydrogen-bond acceptors (Lipinski definition) is 6. The molecule has 0 aliphatic carbocycles. The predicted molar refractivity (Wildman–Crippen MR) is 55.3 cm³/mol. The number of carbonyl (C=O) groups excluding carboxylic acids is 2. The van der Waals surface area contributed by atoms with Crippen molar-refractivity contribution in [2.75, 3.05) is 18.0 Å². The van der Waals surface area contributed by atoms with Crippen LogP contribution in [0, 0.1) is 0 Å². The largest absolute Gasteiger partial charge is 0.326 e. The van der Waals surface area contributed by atoms with Crippen molar-refractivity contribution in [3.63, 3.8) is 0 Å². The van der Waals surface area contributed by atoms with Crippen LogP contribution in [0.25, 0.3) is 0 Å². The summed E-state index contributed by atoms with van der Waals surface area (Å²) in [4.78, 5) is 31.9. The highest BCUT2D eigenvalue weighted by molar-refractivity contribution is 6.02. The zero-order valence-electron chi connectivity index (χ0n) is 8.51. The van der Waals surface area contributed by atoms with Gasteiger partial charge in [-0.1, -0.05) is 0 Å². The highest BCUT2D eigenvalue weighted by Gasteiger charge is 2.23. The molecule has 1 saturated heterocycles. The fourth-order valence-corrected chi connectivity index (χ4v) is 1.40. The molecule has 2 amide bonds. The van der Waals surface area contributed by atoms with E-state index in [2.05, 4.69) is 15.3 Å². The van der Waals surface area contributed by atoms with Crippen molar-refractivity contribution < 1.29 is 9.59 Å². The molecule has 84 valence electrons. The molecule has 7 heteroatoms. The number of nitrogens with two attached hydrogens (primary N) is 1. The maximum atomic E-state index is 11.1. The number of amides is 2. The van der Waals surface area contributed by atoms with Gasteiger partial charge in [-0.3, -0.25) is 14.9 Å². The molecule has 1 aliphatic heterocycles. The van der Waals surface area contributed by atoms with Crippen LogP contribution in [0.15, 0.2) is 12.4 Å². The molecular formula is C9H11N5O2. The quantitative estimate of drug-likeness (QED) is 0.583. The lowest BCUT2D eigenvalue weighted by molar-refractivity contribution is -0.130. The van der Waals surface area contributed by atoms with Gasteiger partial charge in [-0.25, -0.2) is 9.97 Å². The Balaban J connectivity index is 2.16. The third-order valence-electron chi connectivity index (χ3n) is 2.16. The fourth-order valence-electron chi connectivity index (χ4n) is 1.40. The second-order valence-corrected chi connectivity index (χ2v) is 3.42. The number of aromatic nitrogens is 2. The molecule has 1 aromatic rings. The summed E-state index contributed by atoms with van der Waals surface area (Å²) in [5, 5.41) is 2.21. The standard InChI is InChI=1S/C9H11N5O2/c10-1-6-2-11-9(12-3-6)14-4-7(15)13-8(16)5-14/h2-3H,1,4-5,10H2,(H,13,15,16). The highest BCUT2D eigenvalue weighted by Crippen LogP contribution is 2.08. The number of imide groups is 1. The zero-order chi connectivity index (χ0) is 11.5. The maximum Gasteiger partial charge on any atom is 0.246 e. The number of anilines is 1. The summed E-state index contributed by atoms with van der Waals surface area (Å²) in [5.41, 5.74) is 6.21. The van der Waals surface area contributed by atoms with E-state index in [1.807, 2.05) is 0 Å². The lowest BCUT2D eigenvalue weighted by atomic mass is 10.3. The number of rotatable bonds is 2. The Morgan fingerprint density at radius 3 is 2.31 bits per heavy atom. The first kappa shape index (κ1) is 10.5. The molecule has 16 heavy (non-hydrogen) atoms. The molecule has 2 heterocycles. The first-order valence-corrected chi connectivity index (χ1v) is 4.77. The van der Waals surface area contributed by atoms with Gasteiger partial charge in [-0.2, -0.15) is 0 Å². The van der Waals surface area contributed by atoms with E-state index >= 15 is 0 Å². The summed E-state index contributed by atoms with van der Waals surface area (Å²) < 4.78 is 0. The van der Waals surface area contributed by atoms with Gasteiger partial charge in [-0.05, 0) is 0 Å². The molecule has 0 bridgehead atoms. The minimum absolute atomic E-state index is 0.0910. The number of piperazine rings is 1. The third kappa shape index (κ3) is 2.14. The molecular weight excluding hydrogens is 210 g/mol. The predicted octanol–water partition coefficient (Wildman–Crippen LogP) is -1.60. The summed E-state index contributed by atoms with van der Waals surface area (Å²) in [6.45, 7) is 0.543. The molecule has 1 fully saturated rings. The van der Waals surface area contributed by atoms with Gasteiger partial charge >= 0.3 is 0 Å². The Labute approximate surface area is 91.7 Å². The van der Waals surface area contributed by atoms with Crippen molar-refractivity contribution >= 4 is 17.8 Å². The van der Waals surface area contributed by atoms with E-state index in [1.165, 1.54) is 4.90 Å². The van der Waals surface area contributed by atoms with E-state index < -0.39 is 0 Å². The summed E-state index contributed by atoms with van der Waals surface area (Å²) in [7, 11) is 0. The van der Waals surface area contributed by atoms with Crippen LogP contribution < -0.4 is 16.0 Å². The lowest BCUT2D eigenvalue weighted by Gasteiger charge is -2.25. The van der Waals surface area contributed by atoms with Crippen LogP contribution in [0.2, 0.25) is 0 Å². The maximum absolute atomic E-state index is 11.1. The van der Waals surface area contributed by atoms with Gasteiger partial charge in [-0.15, -0.1) is 0 Å². The first-order valence-electron chi connectivity index (χ1n) is 4.77. The van der Waals surface area contributed by atoms with E-state index in [0.29, 0.717) is 12.5 Å². The molecule has 7 nitrogen and oxygen atoms in total. The van der Waals surface area contributed by atoms with Gasteiger partial charge in [0.25, 0.3) is 0 Å². The van der Waals surface area contributed by atoms with Gasteiger partial charge in [0.05, 0.1) is 0 Å². The van der Waals surface area contributed by atoms with E-state index in [-0.39, 0.29) is 24.9 Å². The highest BCUT2D eigenvalue weighted by atomic mass is 16.2. The first-order chi connectivity index (χ1) is 7.69. The molecule has 1 aromatic heterocycles. The Morgan fingerprint density at radius 2 is 1.81 bits per heavy atom. The summed E-state index contributed by atoms with van der Waals surface area (Å²) in [5.74, 6) is -0.328. The fraction of sp³-hybridized carbons (Fsp3) is 0.333. The smallest absolute Gasteiger partial charge is 0.246 e. The van der Waals surface area contributed by atoms with Crippen LogP contribution in [0.1, 0.15) is 5.56 Å². The Morgan fingerprint density at radius 1 is 1.25 bits per heavy atom. The average Bonchev–Trinajstić information content (AvgIpc) is 2.28. The Hall–Kier alpha value is -2.02. The van der Waals surface area contributed by atoms with E-state index in [4.69, 9.17) is 5.73 Å². The second kappa shape index (κ2) is 4.23. The van der Waals surface area contributed by atoms with E-state index in [9.17, 15) is 9.59 Å². The van der Waals surface area contributed by atoms with Crippen molar-refractivity contribution in [1.82, 2.24) is 15.3 Å². The minimum atomic E-state index is -0.345. The van der Waals surface area contributed by atoms with Crippen molar-refractivity contribution in [3.8, 4) is 0 Å². The Kier molecular flexibility index (Phi) is 2.78. The van der Waals surface area contributed by atoms with Crippen LogP contribution in [-0.2, 0) is 16.1 Å². The van der Waals surface area contributed by atoms with Gasteiger partial charge in [0.2, 0.25) is 17.8 Å². The summed E-state index contributed by atoms with van der Waals surface area (Å²) in [6.07, 6.45) is 3.17. The van der Waals surface area contributed by atoms with Crippen molar-refractivity contribution in [2.45, 2.75) is 6.54 Å². The summed E-state index contributed by atoms with van der Waals surface area (Å²) in [6, 6.07) is 0. The molecule has 0 atom stereocenters. The van der Waals surface area contributed by atoms with Gasteiger partial charge in [0.1, 0.15) is 13.1 Å². The second-order valence-electron chi connectivity index (χ2n) is 3.42.